The Bertz CT molecular complexity index is 48.0. The highest BCUT2D eigenvalue weighted by Gasteiger charge is 1.67. The van der Waals surface area contributed by atoms with Crippen LogP contribution in [0.15, 0.2) is 0 Å². The van der Waals surface area contributed by atoms with E-state index in [4.69, 9.17) is 0 Å². The lowest BCUT2D eigenvalue weighted by Crippen LogP contribution is -1.82. The Morgan fingerprint density at radius 2 is 0.800 bits per heavy atom. The van der Waals surface area contributed by atoms with Gasteiger partial charge in [0, 0.05) is 6.61 Å². The van der Waals surface area contributed by atoms with E-state index in [1.807, 2.05) is 0 Å². The predicted molar refractivity (Wildman–Crippen MR) is 77.4 cm³/mol. The molecule has 0 radical (unpaired) electrons. The molecular formula is C12H35F7O. The third-order valence-electron chi connectivity index (χ3n) is 0.281. The van der Waals surface area contributed by atoms with Crippen molar-refractivity contribution < 1.29 is 35.5 Å². The molecule has 0 unspecified atom stereocenters. The standard InChI is InChI=1S/C3H7FO.C2H5F.2CH2F2.CH3F.4CH4/c1-2-5-3-4;1-2-3;2*2-1-3;1-2;;;;/h2-3H2,1H3;2H2,1H3;2*1H2;1H3;4*1H4. The molecule has 1 nitrogen and oxygen atoms in total. The van der Waals surface area contributed by atoms with Crippen LogP contribution in [0.4, 0.5) is 30.7 Å². The smallest absolute Gasteiger partial charge is 0.229 e. The molecule has 0 rings (SSSR count). The van der Waals surface area contributed by atoms with Gasteiger partial charge in [-0.2, -0.15) is 0 Å². The van der Waals surface area contributed by atoms with Gasteiger partial charge in [0.1, 0.15) is 0 Å². The first-order valence-corrected chi connectivity index (χ1v) is 3.97. The minimum Gasteiger partial charge on any atom is -0.351 e. The second-order valence-corrected chi connectivity index (χ2v) is 1.07. The molecule has 0 N–H and O–H groups in total. The van der Waals surface area contributed by atoms with Crippen molar-refractivity contribution in [2.45, 2.75) is 43.6 Å². The number of halogens is 7. The van der Waals surface area contributed by atoms with E-state index >= 15 is 0 Å². The van der Waals surface area contributed by atoms with Crippen molar-refractivity contribution in [1.29, 1.82) is 0 Å². The lowest BCUT2D eigenvalue weighted by molar-refractivity contribution is 0.0672. The van der Waals surface area contributed by atoms with Gasteiger partial charge in [-0.3, -0.25) is 8.78 Å². The molecule has 0 saturated heterocycles. The summed E-state index contributed by atoms with van der Waals surface area (Å²) >= 11 is 0. The van der Waals surface area contributed by atoms with E-state index in [1.165, 1.54) is 6.92 Å². The Labute approximate surface area is 121 Å². The number of alkyl halides is 7. The molecule has 0 bridgehead atoms. The van der Waals surface area contributed by atoms with Gasteiger partial charge in [0.2, 0.25) is 13.9 Å². The summed E-state index contributed by atoms with van der Waals surface area (Å²) in [6, 6.07) is 0. The quantitative estimate of drug-likeness (QED) is 0.505. The SMILES string of the molecule is C.C.C.C.CCF.CCOCF.CF.FCF.FCF. The van der Waals surface area contributed by atoms with E-state index in [0.29, 0.717) is 13.8 Å². The Balaban J connectivity index is -0.0000000106. The molecule has 0 atom stereocenters. The van der Waals surface area contributed by atoms with Gasteiger partial charge in [-0.25, -0.2) is 22.0 Å². The zero-order chi connectivity index (χ0) is 14.2. The number of rotatable bonds is 2. The van der Waals surface area contributed by atoms with Crippen LogP contribution >= 0.6 is 0 Å². The minimum absolute atomic E-state index is 0. The third kappa shape index (κ3) is 2190. The Morgan fingerprint density at radius 3 is 0.800 bits per heavy atom. The van der Waals surface area contributed by atoms with Gasteiger partial charge < -0.3 is 4.74 Å². The summed E-state index contributed by atoms with van der Waals surface area (Å²) < 4.78 is 73.2. The van der Waals surface area contributed by atoms with Crippen molar-refractivity contribution in [3.8, 4) is 0 Å². The summed E-state index contributed by atoms with van der Waals surface area (Å²) in [6.07, 6.45) is 0. The summed E-state index contributed by atoms with van der Waals surface area (Å²) in [5.74, 6) is 0. The first-order valence-electron chi connectivity index (χ1n) is 3.97. The highest BCUT2D eigenvalue weighted by atomic mass is 19.3. The highest BCUT2D eigenvalue weighted by molar-refractivity contribution is 3.99. The van der Waals surface area contributed by atoms with Crippen LogP contribution < -0.4 is 0 Å². The van der Waals surface area contributed by atoms with Crippen LogP contribution in [0.5, 0.6) is 0 Å². The molecule has 0 saturated carbocycles. The van der Waals surface area contributed by atoms with Gasteiger partial charge >= 0.3 is 0 Å². The third-order valence-corrected chi connectivity index (χ3v) is 0.281. The van der Waals surface area contributed by atoms with Crippen LogP contribution in [0, 0.1) is 0 Å². The Morgan fingerprint density at radius 1 is 0.650 bits per heavy atom. The topological polar surface area (TPSA) is 9.23 Å². The second kappa shape index (κ2) is 188. The van der Waals surface area contributed by atoms with Gasteiger partial charge in [0.25, 0.3) is 0 Å². The largest absolute Gasteiger partial charge is 0.351 e. The molecule has 8 heteroatoms. The molecule has 0 fully saturated rings. The monoisotopic (exact) mass is 328 g/mol. The molecule has 0 aromatic rings. The normalized spacial score (nSPS) is 5.10. The van der Waals surface area contributed by atoms with E-state index < -0.39 is 20.7 Å². The van der Waals surface area contributed by atoms with Gasteiger partial charge in [0.15, 0.2) is 6.86 Å². The summed E-state index contributed by atoms with van der Waals surface area (Å²) in [6.45, 7) is -0.730. The van der Waals surface area contributed by atoms with E-state index in [0.717, 1.165) is 0 Å². The average molecular weight is 328 g/mol. The lowest BCUT2D eigenvalue weighted by Gasteiger charge is -1.83. The van der Waals surface area contributed by atoms with Crippen molar-refractivity contribution >= 4 is 0 Å². The van der Waals surface area contributed by atoms with Crippen molar-refractivity contribution in [1.82, 2.24) is 0 Å². The van der Waals surface area contributed by atoms with Gasteiger partial charge in [-0.15, -0.1) is 0 Å². The van der Waals surface area contributed by atoms with E-state index in [-0.39, 0.29) is 36.4 Å². The molecule has 0 aliphatic heterocycles. The highest BCUT2D eigenvalue weighted by Crippen LogP contribution is 1.68. The minimum atomic E-state index is -1.75. The van der Waals surface area contributed by atoms with Crippen LogP contribution in [0.2, 0.25) is 0 Å². The van der Waals surface area contributed by atoms with Crippen LogP contribution in [0.3, 0.4) is 0 Å². The van der Waals surface area contributed by atoms with Crippen LogP contribution in [0.1, 0.15) is 43.6 Å². The summed E-state index contributed by atoms with van der Waals surface area (Å²) in [5.41, 5.74) is 0. The molecular weight excluding hydrogens is 293 g/mol. The maximum absolute atomic E-state index is 10.8. The molecule has 0 aromatic carbocycles. The average Bonchev–Trinajstić information content (AvgIpc) is 2.25. The summed E-state index contributed by atoms with van der Waals surface area (Å²) in [7, 11) is 0.500. The Kier molecular flexibility index (Phi) is 571. The Hall–Kier alpha value is -0.530. The van der Waals surface area contributed by atoms with E-state index in [1.54, 1.807) is 6.92 Å². The molecule has 0 aliphatic rings. The van der Waals surface area contributed by atoms with Crippen LogP contribution in [0.25, 0.3) is 0 Å². The molecule has 138 valence electrons. The van der Waals surface area contributed by atoms with Gasteiger partial charge in [-0.1, -0.05) is 29.7 Å². The molecule has 0 heterocycles. The van der Waals surface area contributed by atoms with Gasteiger partial charge in [-0.05, 0) is 13.8 Å². The second-order valence-electron chi connectivity index (χ2n) is 1.07. The fraction of sp³-hybridized carbons (Fsp3) is 1.00. The van der Waals surface area contributed by atoms with Crippen molar-refractivity contribution in [3.05, 3.63) is 0 Å². The maximum Gasteiger partial charge on any atom is 0.229 e. The van der Waals surface area contributed by atoms with Crippen molar-refractivity contribution in [2.24, 2.45) is 0 Å². The molecule has 0 aromatic heterocycles. The predicted octanol–water partition coefficient (Wildman–Crippen LogP) is 6.82. The van der Waals surface area contributed by atoms with Crippen LogP contribution in [-0.2, 0) is 4.74 Å². The van der Waals surface area contributed by atoms with Crippen molar-refractivity contribution in [2.75, 3.05) is 41.2 Å². The first kappa shape index (κ1) is 60.6. The lowest BCUT2D eigenvalue weighted by atomic mass is 10.9. The zero-order valence-electron chi connectivity index (χ0n) is 9.59. The van der Waals surface area contributed by atoms with Gasteiger partial charge in [0.05, 0.1) is 13.9 Å². The van der Waals surface area contributed by atoms with E-state index in [9.17, 15) is 30.7 Å². The summed E-state index contributed by atoms with van der Waals surface area (Å²) in [4.78, 5) is 0. The fourth-order valence-corrected chi connectivity index (χ4v) is 0.0772. The zero-order valence-corrected chi connectivity index (χ0v) is 9.59. The maximum atomic E-state index is 10.8. The molecule has 20 heavy (non-hydrogen) atoms. The molecule has 0 spiro atoms. The van der Waals surface area contributed by atoms with Crippen molar-refractivity contribution in [3.63, 3.8) is 0 Å². The van der Waals surface area contributed by atoms with E-state index in [2.05, 4.69) is 4.74 Å². The first-order chi connectivity index (χ1) is 7.66. The fourth-order valence-electron chi connectivity index (χ4n) is 0.0772. The number of hydrogen-bond acceptors (Lipinski definition) is 1. The number of hydrogen-bond donors (Lipinski definition) is 0. The molecule has 0 aliphatic carbocycles. The van der Waals surface area contributed by atoms with Crippen LogP contribution in [-0.4, -0.2) is 41.2 Å². The molecule has 0 amide bonds. The number of ether oxygens (including phenoxy) is 1. The summed E-state index contributed by atoms with van der Waals surface area (Å²) in [5, 5.41) is 0.